The molecule has 9 heteroatoms. The van der Waals surface area contributed by atoms with Gasteiger partial charge in [-0.25, -0.2) is 8.42 Å². The maximum Gasteiger partial charge on any atom is 0.243 e. The van der Waals surface area contributed by atoms with Crippen molar-refractivity contribution in [1.29, 1.82) is 0 Å². The number of hydrogen-bond donors (Lipinski definition) is 0. The molecule has 32 heavy (non-hydrogen) atoms. The van der Waals surface area contributed by atoms with Gasteiger partial charge >= 0.3 is 0 Å². The van der Waals surface area contributed by atoms with Gasteiger partial charge in [0.05, 0.1) is 24.7 Å². The Balaban J connectivity index is 1.67. The summed E-state index contributed by atoms with van der Waals surface area (Å²) in [6.07, 6.45) is 0. The van der Waals surface area contributed by atoms with Crippen LogP contribution in [0.25, 0.3) is 0 Å². The van der Waals surface area contributed by atoms with Gasteiger partial charge in [-0.3, -0.25) is 9.59 Å². The summed E-state index contributed by atoms with van der Waals surface area (Å²) in [4.78, 5) is 28.0. The van der Waals surface area contributed by atoms with Gasteiger partial charge in [-0.05, 0) is 30.7 Å². The SMILES string of the molecule is CC(=O)c1ccc(S(=O)(=O)N(C)CC(=O)N(C)Cc2ccccc2N2CCOCC2)cc1. The second-order valence-corrected chi connectivity index (χ2v) is 9.86. The van der Waals surface area contributed by atoms with Crippen LogP contribution in [-0.4, -0.2) is 76.3 Å². The number of benzene rings is 2. The molecule has 0 radical (unpaired) electrons. The molecule has 8 nitrogen and oxygen atoms in total. The lowest BCUT2D eigenvalue weighted by Crippen LogP contribution is -2.40. The van der Waals surface area contributed by atoms with Gasteiger partial charge in [0.2, 0.25) is 15.9 Å². The van der Waals surface area contributed by atoms with E-state index in [4.69, 9.17) is 4.74 Å². The first-order chi connectivity index (χ1) is 15.2. The van der Waals surface area contributed by atoms with Crippen molar-refractivity contribution in [2.24, 2.45) is 0 Å². The lowest BCUT2D eigenvalue weighted by Gasteiger charge is -2.31. The molecule has 1 aliphatic rings. The molecular weight excluding hydrogens is 430 g/mol. The Hall–Kier alpha value is -2.75. The predicted octanol–water partition coefficient (Wildman–Crippen LogP) is 2.00. The van der Waals surface area contributed by atoms with Crippen LogP contribution in [0.1, 0.15) is 22.8 Å². The number of carbonyl (C=O) groups excluding carboxylic acids is 2. The van der Waals surface area contributed by atoms with Crippen LogP contribution in [0.2, 0.25) is 0 Å². The van der Waals surface area contributed by atoms with Gasteiger partial charge in [0.1, 0.15) is 0 Å². The summed E-state index contributed by atoms with van der Waals surface area (Å²) in [5.74, 6) is -0.454. The highest BCUT2D eigenvalue weighted by Crippen LogP contribution is 2.23. The second kappa shape index (κ2) is 10.2. The number of ketones is 1. The van der Waals surface area contributed by atoms with Gasteiger partial charge in [-0.2, -0.15) is 4.31 Å². The summed E-state index contributed by atoms with van der Waals surface area (Å²) in [6.45, 7) is 4.41. The summed E-state index contributed by atoms with van der Waals surface area (Å²) in [7, 11) is -0.812. The molecule has 1 aliphatic heterocycles. The number of ether oxygens (including phenoxy) is 1. The average molecular weight is 460 g/mol. The molecule has 3 rings (SSSR count). The standard InChI is InChI=1S/C23H29N3O5S/c1-18(27)19-8-10-21(11-9-19)32(29,30)25(3)17-23(28)24(2)16-20-6-4-5-7-22(20)26-12-14-31-15-13-26/h4-11H,12-17H2,1-3H3. The van der Waals surface area contributed by atoms with E-state index >= 15 is 0 Å². The van der Waals surface area contributed by atoms with Crippen LogP contribution in [0.5, 0.6) is 0 Å². The molecule has 0 atom stereocenters. The van der Waals surface area contributed by atoms with Gasteiger partial charge < -0.3 is 14.5 Å². The molecule has 172 valence electrons. The van der Waals surface area contributed by atoms with Crippen molar-refractivity contribution in [1.82, 2.24) is 9.21 Å². The Labute approximate surface area is 189 Å². The van der Waals surface area contributed by atoms with Crippen molar-refractivity contribution < 1.29 is 22.7 Å². The van der Waals surface area contributed by atoms with E-state index in [1.165, 1.54) is 43.1 Å². The Morgan fingerprint density at radius 1 is 1.00 bits per heavy atom. The maximum atomic E-state index is 12.8. The highest BCUT2D eigenvalue weighted by atomic mass is 32.2. The van der Waals surface area contributed by atoms with Crippen LogP contribution < -0.4 is 4.90 Å². The Morgan fingerprint density at radius 3 is 2.25 bits per heavy atom. The minimum atomic E-state index is -3.86. The van der Waals surface area contributed by atoms with E-state index in [1.807, 2.05) is 24.3 Å². The molecule has 1 amide bonds. The fourth-order valence-corrected chi connectivity index (χ4v) is 4.66. The number of rotatable bonds is 8. The van der Waals surface area contributed by atoms with Crippen LogP contribution in [0, 0.1) is 0 Å². The summed E-state index contributed by atoms with van der Waals surface area (Å²) < 4.78 is 32.1. The van der Waals surface area contributed by atoms with Crippen molar-refractivity contribution in [3.63, 3.8) is 0 Å². The number of amides is 1. The van der Waals surface area contributed by atoms with E-state index in [0.29, 0.717) is 25.3 Å². The third-order valence-electron chi connectivity index (χ3n) is 5.50. The molecule has 0 aliphatic carbocycles. The minimum absolute atomic E-state index is 0.0399. The minimum Gasteiger partial charge on any atom is -0.378 e. The molecule has 0 N–H and O–H groups in total. The molecular formula is C23H29N3O5S. The first-order valence-electron chi connectivity index (χ1n) is 10.4. The van der Waals surface area contributed by atoms with Gasteiger partial charge in [-0.15, -0.1) is 0 Å². The molecule has 0 bridgehead atoms. The van der Waals surface area contributed by atoms with Gasteiger partial charge in [0.25, 0.3) is 0 Å². The van der Waals surface area contributed by atoms with Gasteiger partial charge in [0, 0.05) is 45.0 Å². The molecule has 2 aromatic carbocycles. The number of Topliss-reactive ketones (excluding diaryl/α,β-unsaturated/α-hetero) is 1. The Bertz CT molecular complexity index is 1060. The molecule has 0 aromatic heterocycles. The molecule has 2 aromatic rings. The summed E-state index contributed by atoms with van der Waals surface area (Å²) in [6, 6.07) is 13.6. The highest BCUT2D eigenvalue weighted by Gasteiger charge is 2.25. The van der Waals surface area contributed by atoms with Crippen molar-refractivity contribution in [3.05, 3.63) is 59.7 Å². The van der Waals surface area contributed by atoms with Crippen LogP contribution in [0.3, 0.4) is 0 Å². The van der Waals surface area contributed by atoms with E-state index in [0.717, 1.165) is 28.6 Å². The number of hydrogen-bond acceptors (Lipinski definition) is 6. The summed E-state index contributed by atoms with van der Waals surface area (Å²) in [5, 5.41) is 0. The third-order valence-corrected chi connectivity index (χ3v) is 7.32. The Morgan fingerprint density at radius 2 is 1.62 bits per heavy atom. The topological polar surface area (TPSA) is 87.2 Å². The number of sulfonamides is 1. The number of anilines is 1. The number of carbonyl (C=O) groups is 2. The van der Waals surface area contributed by atoms with Crippen LogP contribution in [0.4, 0.5) is 5.69 Å². The third kappa shape index (κ3) is 5.53. The zero-order valence-electron chi connectivity index (χ0n) is 18.7. The monoisotopic (exact) mass is 459 g/mol. The van der Waals surface area contributed by atoms with E-state index in [-0.39, 0.29) is 23.1 Å². The van der Waals surface area contributed by atoms with Crippen LogP contribution in [0.15, 0.2) is 53.4 Å². The zero-order chi connectivity index (χ0) is 23.3. The van der Waals surface area contributed by atoms with Crippen LogP contribution in [-0.2, 0) is 26.1 Å². The highest BCUT2D eigenvalue weighted by molar-refractivity contribution is 7.89. The number of nitrogens with zero attached hydrogens (tertiary/aromatic N) is 3. The number of likely N-dealkylation sites (N-methyl/N-ethyl adjacent to an activating group) is 2. The molecule has 0 spiro atoms. The van der Waals surface area contributed by atoms with Crippen molar-refractivity contribution >= 4 is 27.4 Å². The maximum absolute atomic E-state index is 12.8. The largest absolute Gasteiger partial charge is 0.378 e. The molecule has 0 saturated carbocycles. The smallest absolute Gasteiger partial charge is 0.243 e. The number of morpholine rings is 1. The lowest BCUT2D eigenvalue weighted by atomic mass is 10.1. The van der Waals surface area contributed by atoms with E-state index in [1.54, 1.807) is 7.05 Å². The van der Waals surface area contributed by atoms with E-state index in [2.05, 4.69) is 4.90 Å². The molecule has 0 unspecified atom stereocenters. The quantitative estimate of drug-likeness (QED) is 0.561. The first kappa shape index (κ1) is 23.9. The normalized spacial score (nSPS) is 14.4. The molecule has 1 fully saturated rings. The first-order valence-corrected chi connectivity index (χ1v) is 11.9. The van der Waals surface area contributed by atoms with Gasteiger partial charge in [0.15, 0.2) is 5.78 Å². The summed E-state index contributed by atoms with van der Waals surface area (Å²) >= 11 is 0. The van der Waals surface area contributed by atoms with Gasteiger partial charge in [-0.1, -0.05) is 30.3 Å². The zero-order valence-corrected chi connectivity index (χ0v) is 19.5. The lowest BCUT2D eigenvalue weighted by molar-refractivity contribution is -0.130. The second-order valence-electron chi connectivity index (χ2n) is 7.82. The van der Waals surface area contributed by atoms with E-state index in [9.17, 15) is 18.0 Å². The fraction of sp³-hybridized carbons (Fsp3) is 0.391. The van der Waals surface area contributed by atoms with Crippen molar-refractivity contribution in [2.75, 3.05) is 51.8 Å². The Kier molecular flexibility index (Phi) is 7.65. The summed E-state index contributed by atoms with van der Waals surface area (Å²) in [5.41, 5.74) is 2.49. The number of para-hydroxylation sites is 1. The van der Waals surface area contributed by atoms with E-state index < -0.39 is 10.0 Å². The van der Waals surface area contributed by atoms with Crippen molar-refractivity contribution in [2.45, 2.75) is 18.4 Å². The molecule has 1 saturated heterocycles. The average Bonchev–Trinajstić information content (AvgIpc) is 2.80. The predicted molar refractivity (Wildman–Crippen MR) is 122 cm³/mol. The van der Waals surface area contributed by atoms with Crippen molar-refractivity contribution in [3.8, 4) is 0 Å². The fourth-order valence-electron chi connectivity index (χ4n) is 3.54. The molecule has 1 heterocycles. The van der Waals surface area contributed by atoms with Crippen LogP contribution >= 0.6 is 0 Å².